The highest BCUT2D eigenvalue weighted by molar-refractivity contribution is 5.98. The number of benzene rings is 2. The highest BCUT2D eigenvalue weighted by atomic mass is 16.5. The quantitative estimate of drug-likeness (QED) is 0.676. The molecule has 2 rings (SSSR count). The van der Waals surface area contributed by atoms with Gasteiger partial charge in [0.05, 0.1) is 6.61 Å². The summed E-state index contributed by atoms with van der Waals surface area (Å²) in [5.74, 6) is -0.0212. The summed E-state index contributed by atoms with van der Waals surface area (Å²) in [6.45, 7) is 4.50. The van der Waals surface area contributed by atoms with Crippen molar-refractivity contribution >= 4 is 11.7 Å². The number of nitrogen functional groups attached to an aromatic ring is 1. The van der Waals surface area contributed by atoms with E-state index in [4.69, 9.17) is 15.2 Å². The summed E-state index contributed by atoms with van der Waals surface area (Å²) in [7, 11) is 0. The highest BCUT2D eigenvalue weighted by Crippen LogP contribution is 2.25. The van der Waals surface area contributed by atoms with Gasteiger partial charge in [-0.05, 0) is 37.1 Å². The first kappa shape index (κ1) is 14.9. The van der Waals surface area contributed by atoms with Gasteiger partial charge in [-0.25, -0.2) is 4.79 Å². The molecule has 110 valence electrons. The van der Waals surface area contributed by atoms with Crippen LogP contribution in [0.2, 0.25) is 0 Å². The van der Waals surface area contributed by atoms with E-state index in [0.717, 1.165) is 11.1 Å². The number of carbonyl (C=O) groups excluding carboxylic acids is 1. The van der Waals surface area contributed by atoms with Crippen molar-refractivity contribution in [1.82, 2.24) is 0 Å². The van der Waals surface area contributed by atoms with Gasteiger partial charge in [0.15, 0.2) is 0 Å². The monoisotopic (exact) mass is 285 g/mol. The minimum absolute atomic E-state index is 0.214. The van der Waals surface area contributed by atoms with Gasteiger partial charge in [0.1, 0.15) is 17.9 Å². The molecule has 0 unspecified atom stereocenters. The van der Waals surface area contributed by atoms with Gasteiger partial charge >= 0.3 is 5.97 Å². The first-order chi connectivity index (χ1) is 10.1. The molecule has 2 aromatic rings. The zero-order valence-corrected chi connectivity index (χ0v) is 12.3. The van der Waals surface area contributed by atoms with Crippen molar-refractivity contribution < 1.29 is 14.3 Å². The van der Waals surface area contributed by atoms with Crippen molar-refractivity contribution in [2.45, 2.75) is 20.5 Å². The molecule has 4 heteroatoms. The summed E-state index contributed by atoms with van der Waals surface area (Å²) < 4.78 is 10.8. The number of hydrogen-bond acceptors (Lipinski definition) is 4. The Bertz CT molecular complexity index is 638. The lowest BCUT2D eigenvalue weighted by atomic mass is 10.1. The first-order valence-corrected chi connectivity index (χ1v) is 6.86. The molecule has 0 aromatic heterocycles. The van der Waals surface area contributed by atoms with Crippen molar-refractivity contribution in [2.24, 2.45) is 0 Å². The molecule has 0 heterocycles. The molecule has 0 saturated heterocycles. The van der Waals surface area contributed by atoms with Crippen LogP contribution in [0.5, 0.6) is 5.75 Å². The molecule has 2 aromatic carbocycles. The standard InChI is InChI=1S/C17H19NO3/c1-3-20-15-10-6-9-14(18)16(15)17(19)21-11-13-8-5-4-7-12(13)2/h4-10H,3,11,18H2,1-2H3. The van der Waals surface area contributed by atoms with E-state index in [1.807, 2.05) is 38.1 Å². The summed E-state index contributed by atoms with van der Waals surface area (Å²) in [5.41, 5.74) is 8.56. The lowest BCUT2D eigenvalue weighted by molar-refractivity contribution is 0.0469. The zero-order valence-electron chi connectivity index (χ0n) is 12.3. The van der Waals surface area contributed by atoms with E-state index in [-0.39, 0.29) is 12.2 Å². The van der Waals surface area contributed by atoms with Crippen molar-refractivity contribution in [3.05, 3.63) is 59.2 Å². The van der Waals surface area contributed by atoms with Crippen LogP contribution in [0.3, 0.4) is 0 Å². The smallest absolute Gasteiger partial charge is 0.344 e. The van der Waals surface area contributed by atoms with Crippen LogP contribution in [0.15, 0.2) is 42.5 Å². The number of carbonyl (C=O) groups is 1. The third-order valence-corrected chi connectivity index (χ3v) is 3.18. The molecule has 0 radical (unpaired) electrons. The molecule has 0 aliphatic carbocycles. The molecule has 0 bridgehead atoms. The summed E-state index contributed by atoms with van der Waals surface area (Å²) in [6.07, 6.45) is 0. The van der Waals surface area contributed by atoms with Gasteiger partial charge < -0.3 is 15.2 Å². The minimum atomic E-state index is -0.472. The second-order valence-electron chi connectivity index (χ2n) is 4.66. The summed E-state index contributed by atoms with van der Waals surface area (Å²) >= 11 is 0. The molecule has 0 aliphatic rings. The van der Waals surface area contributed by atoms with Gasteiger partial charge in [0.2, 0.25) is 0 Å². The maximum atomic E-state index is 12.3. The van der Waals surface area contributed by atoms with Crippen LogP contribution in [0.1, 0.15) is 28.4 Å². The highest BCUT2D eigenvalue weighted by Gasteiger charge is 2.17. The molecule has 2 N–H and O–H groups in total. The fraction of sp³-hybridized carbons (Fsp3) is 0.235. The molecule has 0 atom stereocenters. The Hall–Kier alpha value is -2.49. The number of aryl methyl sites for hydroxylation is 1. The zero-order chi connectivity index (χ0) is 15.2. The molecule has 0 amide bonds. The van der Waals surface area contributed by atoms with Crippen molar-refractivity contribution in [3.8, 4) is 5.75 Å². The summed E-state index contributed by atoms with van der Waals surface area (Å²) in [5, 5.41) is 0. The number of anilines is 1. The van der Waals surface area contributed by atoms with Crippen LogP contribution in [-0.2, 0) is 11.3 Å². The Morgan fingerprint density at radius 2 is 1.90 bits per heavy atom. The van der Waals surface area contributed by atoms with E-state index in [1.54, 1.807) is 18.2 Å². The maximum absolute atomic E-state index is 12.3. The topological polar surface area (TPSA) is 61.5 Å². The lowest BCUT2D eigenvalue weighted by Gasteiger charge is -2.12. The molecule has 0 aliphatic heterocycles. The van der Waals surface area contributed by atoms with E-state index in [9.17, 15) is 4.79 Å². The molecule has 21 heavy (non-hydrogen) atoms. The second-order valence-corrected chi connectivity index (χ2v) is 4.66. The number of ether oxygens (including phenoxy) is 2. The SMILES string of the molecule is CCOc1cccc(N)c1C(=O)OCc1ccccc1C. The number of hydrogen-bond donors (Lipinski definition) is 1. The largest absolute Gasteiger partial charge is 0.493 e. The van der Waals surface area contributed by atoms with Crippen LogP contribution in [-0.4, -0.2) is 12.6 Å². The van der Waals surface area contributed by atoms with E-state index < -0.39 is 5.97 Å². The van der Waals surface area contributed by atoms with Crippen LogP contribution in [0.4, 0.5) is 5.69 Å². The van der Waals surface area contributed by atoms with Gasteiger partial charge in [-0.2, -0.15) is 0 Å². The Labute approximate surface area is 124 Å². The van der Waals surface area contributed by atoms with Gasteiger partial charge in [0.25, 0.3) is 0 Å². The van der Waals surface area contributed by atoms with Crippen LogP contribution >= 0.6 is 0 Å². The van der Waals surface area contributed by atoms with Crippen molar-refractivity contribution in [3.63, 3.8) is 0 Å². The van der Waals surface area contributed by atoms with Crippen LogP contribution in [0.25, 0.3) is 0 Å². The number of rotatable bonds is 5. The second kappa shape index (κ2) is 6.79. The van der Waals surface area contributed by atoms with E-state index >= 15 is 0 Å². The first-order valence-electron chi connectivity index (χ1n) is 6.86. The Balaban J connectivity index is 2.16. The number of esters is 1. The van der Waals surface area contributed by atoms with E-state index in [1.165, 1.54) is 0 Å². The van der Waals surface area contributed by atoms with E-state index in [0.29, 0.717) is 18.0 Å². The third kappa shape index (κ3) is 3.54. The average molecular weight is 285 g/mol. The lowest BCUT2D eigenvalue weighted by Crippen LogP contribution is -2.11. The molecule has 0 saturated carbocycles. The Morgan fingerprint density at radius 1 is 1.14 bits per heavy atom. The van der Waals surface area contributed by atoms with Gasteiger partial charge in [-0.1, -0.05) is 30.3 Å². The minimum Gasteiger partial charge on any atom is -0.493 e. The third-order valence-electron chi connectivity index (χ3n) is 3.18. The molecule has 0 fully saturated rings. The van der Waals surface area contributed by atoms with Crippen molar-refractivity contribution in [1.29, 1.82) is 0 Å². The molecular formula is C17H19NO3. The van der Waals surface area contributed by atoms with E-state index in [2.05, 4.69) is 0 Å². The van der Waals surface area contributed by atoms with Gasteiger partial charge in [0, 0.05) is 5.69 Å². The summed E-state index contributed by atoms with van der Waals surface area (Å²) in [4.78, 5) is 12.3. The predicted molar refractivity (Wildman–Crippen MR) is 82.3 cm³/mol. The maximum Gasteiger partial charge on any atom is 0.344 e. The normalized spacial score (nSPS) is 10.2. The van der Waals surface area contributed by atoms with Crippen LogP contribution < -0.4 is 10.5 Å². The van der Waals surface area contributed by atoms with Gasteiger partial charge in [-0.3, -0.25) is 0 Å². The summed E-state index contributed by atoms with van der Waals surface area (Å²) in [6, 6.07) is 12.9. The fourth-order valence-electron chi connectivity index (χ4n) is 2.03. The molecule has 0 spiro atoms. The van der Waals surface area contributed by atoms with Gasteiger partial charge in [-0.15, -0.1) is 0 Å². The Kier molecular flexibility index (Phi) is 4.82. The van der Waals surface area contributed by atoms with Crippen LogP contribution in [0, 0.1) is 6.92 Å². The predicted octanol–water partition coefficient (Wildman–Crippen LogP) is 3.33. The molecular weight excluding hydrogens is 266 g/mol. The van der Waals surface area contributed by atoms with Crippen molar-refractivity contribution in [2.75, 3.05) is 12.3 Å². The number of nitrogens with two attached hydrogens (primary N) is 1. The fourth-order valence-corrected chi connectivity index (χ4v) is 2.03. The average Bonchev–Trinajstić information content (AvgIpc) is 2.47. The Morgan fingerprint density at radius 3 is 2.62 bits per heavy atom. The molecule has 4 nitrogen and oxygen atoms in total.